The summed E-state index contributed by atoms with van der Waals surface area (Å²) in [5.74, 6) is 2.14. The molecule has 0 aromatic carbocycles. The Balaban J connectivity index is 1.64. The Morgan fingerprint density at radius 1 is 1.44 bits per heavy atom. The minimum absolute atomic E-state index is 0.938. The molecule has 0 spiro atoms. The zero-order valence-electron chi connectivity index (χ0n) is 10.3. The summed E-state index contributed by atoms with van der Waals surface area (Å²) >= 11 is 0. The molecule has 1 saturated carbocycles. The van der Waals surface area contributed by atoms with E-state index in [-0.39, 0.29) is 0 Å². The van der Waals surface area contributed by atoms with E-state index >= 15 is 0 Å². The van der Waals surface area contributed by atoms with Crippen LogP contribution in [0, 0.1) is 5.92 Å². The molecule has 0 bridgehead atoms. The van der Waals surface area contributed by atoms with Gasteiger partial charge in [-0.15, -0.1) is 0 Å². The highest BCUT2D eigenvalue weighted by molar-refractivity contribution is 4.91. The maximum absolute atomic E-state index is 4.33. The Morgan fingerprint density at radius 3 is 3.00 bits per heavy atom. The second kappa shape index (κ2) is 6.04. The van der Waals surface area contributed by atoms with Crippen molar-refractivity contribution in [2.75, 3.05) is 13.1 Å². The molecule has 0 aliphatic heterocycles. The first-order valence-corrected chi connectivity index (χ1v) is 6.61. The van der Waals surface area contributed by atoms with Crippen LogP contribution in [0.2, 0.25) is 0 Å². The topological polar surface area (TPSA) is 29.9 Å². The standard InChI is InChI=1S/C13H23N3/c1-2-13-15-8-10-16(13)9-7-14-11-12-5-3-4-6-12/h8,10,12,14H,2-7,9,11H2,1H3. The number of nitrogens with one attached hydrogen (secondary N) is 1. The fourth-order valence-corrected chi connectivity index (χ4v) is 2.58. The van der Waals surface area contributed by atoms with Crippen LogP contribution in [-0.4, -0.2) is 22.6 Å². The van der Waals surface area contributed by atoms with Crippen LogP contribution in [0.5, 0.6) is 0 Å². The van der Waals surface area contributed by atoms with Gasteiger partial charge >= 0.3 is 0 Å². The predicted molar refractivity (Wildman–Crippen MR) is 66.4 cm³/mol. The molecule has 90 valence electrons. The summed E-state index contributed by atoms with van der Waals surface area (Å²) in [5, 5.41) is 3.57. The Morgan fingerprint density at radius 2 is 2.25 bits per heavy atom. The fraction of sp³-hybridized carbons (Fsp3) is 0.769. The Kier molecular flexibility index (Phi) is 4.40. The van der Waals surface area contributed by atoms with E-state index in [2.05, 4.69) is 28.0 Å². The third-order valence-corrected chi connectivity index (χ3v) is 3.56. The van der Waals surface area contributed by atoms with Crippen LogP contribution in [0.4, 0.5) is 0 Å². The van der Waals surface area contributed by atoms with Gasteiger partial charge in [0, 0.05) is 31.9 Å². The van der Waals surface area contributed by atoms with Gasteiger partial charge < -0.3 is 9.88 Å². The van der Waals surface area contributed by atoms with Gasteiger partial charge in [-0.05, 0) is 25.3 Å². The van der Waals surface area contributed by atoms with Crippen LogP contribution in [0.15, 0.2) is 12.4 Å². The maximum Gasteiger partial charge on any atom is 0.108 e. The minimum Gasteiger partial charge on any atom is -0.334 e. The van der Waals surface area contributed by atoms with E-state index < -0.39 is 0 Å². The molecular formula is C13H23N3. The summed E-state index contributed by atoms with van der Waals surface area (Å²) in [6, 6.07) is 0. The van der Waals surface area contributed by atoms with Crippen molar-refractivity contribution in [1.29, 1.82) is 0 Å². The molecule has 0 radical (unpaired) electrons. The highest BCUT2D eigenvalue weighted by Gasteiger charge is 2.13. The van der Waals surface area contributed by atoms with Crippen molar-refractivity contribution >= 4 is 0 Å². The first-order valence-electron chi connectivity index (χ1n) is 6.61. The average molecular weight is 221 g/mol. The Bertz CT molecular complexity index is 300. The Hall–Kier alpha value is -0.830. The van der Waals surface area contributed by atoms with E-state index in [9.17, 15) is 0 Å². The molecule has 2 rings (SSSR count). The first-order chi connectivity index (χ1) is 7.90. The maximum atomic E-state index is 4.33. The number of aryl methyl sites for hydroxylation is 1. The molecule has 1 aromatic rings. The van der Waals surface area contributed by atoms with Gasteiger partial charge in [0.25, 0.3) is 0 Å². The summed E-state index contributed by atoms with van der Waals surface area (Å²) in [6.07, 6.45) is 10.7. The largest absolute Gasteiger partial charge is 0.334 e. The molecule has 1 N–H and O–H groups in total. The highest BCUT2D eigenvalue weighted by atomic mass is 15.1. The van der Waals surface area contributed by atoms with Gasteiger partial charge in [0.15, 0.2) is 0 Å². The molecule has 1 aliphatic rings. The molecule has 1 fully saturated rings. The van der Waals surface area contributed by atoms with Crippen LogP contribution < -0.4 is 5.32 Å². The number of rotatable bonds is 6. The van der Waals surface area contributed by atoms with Crippen molar-refractivity contribution in [3.8, 4) is 0 Å². The summed E-state index contributed by atoms with van der Waals surface area (Å²) in [7, 11) is 0. The summed E-state index contributed by atoms with van der Waals surface area (Å²) in [6.45, 7) is 5.48. The molecule has 3 nitrogen and oxygen atoms in total. The molecular weight excluding hydrogens is 198 g/mol. The van der Waals surface area contributed by atoms with Crippen molar-refractivity contribution in [3.63, 3.8) is 0 Å². The highest BCUT2D eigenvalue weighted by Crippen LogP contribution is 2.23. The van der Waals surface area contributed by atoms with Gasteiger partial charge in [-0.25, -0.2) is 4.98 Å². The third kappa shape index (κ3) is 3.08. The molecule has 3 heteroatoms. The fourth-order valence-electron chi connectivity index (χ4n) is 2.58. The predicted octanol–water partition coefficient (Wildman–Crippen LogP) is 2.23. The van der Waals surface area contributed by atoms with E-state index in [1.165, 1.54) is 38.1 Å². The van der Waals surface area contributed by atoms with Crippen LogP contribution >= 0.6 is 0 Å². The van der Waals surface area contributed by atoms with Gasteiger partial charge in [0.1, 0.15) is 5.82 Å². The minimum atomic E-state index is 0.938. The van der Waals surface area contributed by atoms with Crippen molar-refractivity contribution in [2.45, 2.75) is 45.6 Å². The number of nitrogens with zero attached hydrogens (tertiary/aromatic N) is 2. The zero-order valence-corrected chi connectivity index (χ0v) is 10.3. The lowest BCUT2D eigenvalue weighted by atomic mass is 10.1. The monoisotopic (exact) mass is 221 g/mol. The molecule has 0 atom stereocenters. The lowest BCUT2D eigenvalue weighted by Gasteiger charge is -2.11. The molecule has 1 aliphatic carbocycles. The quantitative estimate of drug-likeness (QED) is 0.747. The lowest BCUT2D eigenvalue weighted by molar-refractivity contribution is 0.473. The second-order valence-corrected chi connectivity index (χ2v) is 4.75. The average Bonchev–Trinajstić information content (AvgIpc) is 2.95. The van der Waals surface area contributed by atoms with Gasteiger partial charge in [0.05, 0.1) is 0 Å². The van der Waals surface area contributed by atoms with E-state index in [4.69, 9.17) is 0 Å². The SMILES string of the molecule is CCc1nccn1CCNCC1CCCC1. The molecule has 0 unspecified atom stereocenters. The van der Waals surface area contributed by atoms with Gasteiger partial charge in [-0.2, -0.15) is 0 Å². The zero-order chi connectivity index (χ0) is 11.2. The Labute approximate surface area is 98.3 Å². The van der Waals surface area contributed by atoms with Crippen LogP contribution in [0.3, 0.4) is 0 Å². The summed E-state index contributed by atoms with van der Waals surface area (Å²) < 4.78 is 2.25. The van der Waals surface area contributed by atoms with Crippen molar-refractivity contribution < 1.29 is 0 Å². The van der Waals surface area contributed by atoms with Crippen LogP contribution in [0.1, 0.15) is 38.4 Å². The van der Waals surface area contributed by atoms with Crippen LogP contribution in [-0.2, 0) is 13.0 Å². The molecule has 16 heavy (non-hydrogen) atoms. The molecule has 1 aromatic heterocycles. The number of hydrogen-bond acceptors (Lipinski definition) is 2. The van der Waals surface area contributed by atoms with E-state index in [0.29, 0.717) is 0 Å². The van der Waals surface area contributed by atoms with E-state index in [1.54, 1.807) is 0 Å². The number of hydrogen-bond donors (Lipinski definition) is 1. The summed E-state index contributed by atoms with van der Waals surface area (Å²) in [5.41, 5.74) is 0. The van der Waals surface area contributed by atoms with Gasteiger partial charge in [-0.3, -0.25) is 0 Å². The van der Waals surface area contributed by atoms with Crippen molar-refractivity contribution in [2.24, 2.45) is 5.92 Å². The van der Waals surface area contributed by atoms with Crippen molar-refractivity contribution in [3.05, 3.63) is 18.2 Å². The normalized spacial score (nSPS) is 17.1. The lowest BCUT2D eigenvalue weighted by Crippen LogP contribution is -2.25. The van der Waals surface area contributed by atoms with Gasteiger partial charge in [0.2, 0.25) is 0 Å². The van der Waals surface area contributed by atoms with Crippen LogP contribution in [0.25, 0.3) is 0 Å². The van der Waals surface area contributed by atoms with Gasteiger partial charge in [-0.1, -0.05) is 19.8 Å². The molecule has 1 heterocycles. The molecule has 0 amide bonds. The smallest absolute Gasteiger partial charge is 0.108 e. The number of imidazole rings is 1. The molecule has 0 saturated heterocycles. The second-order valence-electron chi connectivity index (χ2n) is 4.75. The summed E-state index contributed by atoms with van der Waals surface area (Å²) in [4.78, 5) is 4.33. The number of aromatic nitrogens is 2. The first kappa shape index (κ1) is 11.6. The van der Waals surface area contributed by atoms with Crippen molar-refractivity contribution in [1.82, 2.24) is 14.9 Å². The third-order valence-electron chi connectivity index (χ3n) is 3.56. The van der Waals surface area contributed by atoms with E-state index in [1.807, 2.05) is 6.20 Å². The van der Waals surface area contributed by atoms with E-state index in [0.717, 1.165) is 25.4 Å².